The third-order valence-electron chi connectivity index (χ3n) is 9.43. The van der Waals surface area contributed by atoms with Crippen molar-refractivity contribution >= 4 is 43.7 Å². The van der Waals surface area contributed by atoms with Crippen molar-refractivity contribution in [1.82, 2.24) is 19.5 Å². The summed E-state index contributed by atoms with van der Waals surface area (Å²) in [5, 5.41) is 4.40. The Bertz CT molecular complexity index is 2860. The molecule has 0 aliphatic carbocycles. The number of benzene rings is 7. The first-order valence-corrected chi connectivity index (χ1v) is 16.7. The third-order valence-corrected chi connectivity index (χ3v) is 9.43. The van der Waals surface area contributed by atoms with Gasteiger partial charge in [-0.2, -0.15) is 0 Å². The highest BCUT2D eigenvalue weighted by atomic mass is 16.3. The van der Waals surface area contributed by atoms with Crippen LogP contribution < -0.4 is 0 Å². The topological polar surface area (TPSA) is 56.7 Å². The summed E-state index contributed by atoms with van der Waals surface area (Å²) in [5.74, 6) is 1.86. The fourth-order valence-electron chi connectivity index (χ4n) is 7.05. The maximum absolute atomic E-state index is 6.49. The predicted molar refractivity (Wildman–Crippen MR) is 203 cm³/mol. The molecule has 0 amide bonds. The van der Waals surface area contributed by atoms with Crippen molar-refractivity contribution in [3.8, 4) is 51.0 Å². The summed E-state index contributed by atoms with van der Waals surface area (Å²) in [6.45, 7) is 0. The molecule has 10 aromatic rings. The standard InChI is InChI=1S/C45H28N4O/c1-4-13-29(14-5-1)31-17-12-18-32(25-31)44-46-43(30-15-6-2-7-16-30)47-45(48-44)33-23-24-41-37(26-33)38-27-40-36(28-42(38)50-41)35-21-10-11-22-39(35)49(40)34-19-8-3-9-20-34/h1-28H. The zero-order valence-corrected chi connectivity index (χ0v) is 26.9. The van der Waals surface area contributed by atoms with E-state index >= 15 is 0 Å². The summed E-state index contributed by atoms with van der Waals surface area (Å²) in [7, 11) is 0. The Balaban J connectivity index is 1.17. The van der Waals surface area contributed by atoms with Crippen molar-refractivity contribution in [3.63, 3.8) is 0 Å². The number of rotatable bonds is 5. The molecule has 0 N–H and O–H groups in total. The highest BCUT2D eigenvalue weighted by Gasteiger charge is 2.18. The van der Waals surface area contributed by atoms with Gasteiger partial charge in [0.2, 0.25) is 0 Å². The third kappa shape index (κ3) is 4.67. The molecule has 0 bridgehead atoms. The Morgan fingerprint density at radius 2 is 0.920 bits per heavy atom. The number of hydrogen-bond acceptors (Lipinski definition) is 4. The molecule has 10 rings (SSSR count). The second kappa shape index (κ2) is 11.4. The minimum Gasteiger partial charge on any atom is -0.456 e. The van der Waals surface area contributed by atoms with E-state index in [0.717, 1.165) is 71.9 Å². The largest absolute Gasteiger partial charge is 0.456 e. The monoisotopic (exact) mass is 640 g/mol. The summed E-state index contributed by atoms with van der Waals surface area (Å²) in [6.07, 6.45) is 0. The number of para-hydroxylation sites is 2. The van der Waals surface area contributed by atoms with Gasteiger partial charge < -0.3 is 8.98 Å². The second-order valence-corrected chi connectivity index (χ2v) is 12.5. The molecule has 0 saturated carbocycles. The number of nitrogens with zero attached hydrogens (tertiary/aromatic N) is 4. The molecule has 0 aliphatic rings. The summed E-state index contributed by atoms with van der Waals surface area (Å²) in [5.41, 5.74) is 10.1. The fourth-order valence-corrected chi connectivity index (χ4v) is 7.05. The van der Waals surface area contributed by atoms with Crippen LogP contribution in [-0.2, 0) is 0 Å². The summed E-state index contributed by atoms with van der Waals surface area (Å²) >= 11 is 0. The summed E-state index contributed by atoms with van der Waals surface area (Å²) < 4.78 is 8.83. The molecule has 3 heterocycles. The molecule has 0 unspecified atom stereocenters. The van der Waals surface area contributed by atoms with E-state index < -0.39 is 0 Å². The van der Waals surface area contributed by atoms with Gasteiger partial charge in [0.05, 0.1) is 11.0 Å². The van der Waals surface area contributed by atoms with Crippen molar-refractivity contribution in [2.75, 3.05) is 0 Å². The highest BCUT2D eigenvalue weighted by Crippen LogP contribution is 2.39. The number of fused-ring (bicyclic) bond motifs is 6. The molecule has 0 spiro atoms. The van der Waals surface area contributed by atoms with E-state index in [1.165, 1.54) is 5.39 Å². The minimum absolute atomic E-state index is 0.606. The maximum atomic E-state index is 6.49. The Kier molecular flexibility index (Phi) is 6.42. The fraction of sp³-hybridized carbons (Fsp3) is 0. The molecule has 50 heavy (non-hydrogen) atoms. The maximum Gasteiger partial charge on any atom is 0.164 e. The lowest BCUT2D eigenvalue weighted by Gasteiger charge is -2.10. The minimum atomic E-state index is 0.606. The van der Waals surface area contributed by atoms with Crippen LogP contribution in [0, 0.1) is 0 Å². The molecule has 5 heteroatoms. The van der Waals surface area contributed by atoms with E-state index in [9.17, 15) is 0 Å². The van der Waals surface area contributed by atoms with Crippen molar-refractivity contribution in [3.05, 3.63) is 170 Å². The lowest BCUT2D eigenvalue weighted by molar-refractivity contribution is 0.669. The van der Waals surface area contributed by atoms with Gasteiger partial charge in [-0.15, -0.1) is 0 Å². The van der Waals surface area contributed by atoms with Crippen molar-refractivity contribution in [2.24, 2.45) is 0 Å². The molecule has 5 nitrogen and oxygen atoms in total. The first kappa shape index (κ1) is 28.2. The highest BCUT2D eigenvalue weighted by molar-refractivity contribution is 6.17. The van der Waals surface area contributed by atoms with Crippen molar-refractivity contribution in [1.29, 1.82) is 0 Å². The van der Waals surface area contributed by atoms with Crippen molar-refractivity contribution in [2.45, 2.75) is 0 Å². The Hall–Kier alpha value is -6.85. The number of hydrogen-bond donors (Lipinski definition) is 0. The first-order valence-electron chi connectivity index (χ1n) is 16.7. The molecule has 0 aliphatic heterocycles. The SMILES string of the molecule is c1ccc(-c2cccc(-c3nc(-c4ccccc4)nc(-c4ccc5oc6cc7c8ccccc8n(-c8ccccc8)c7cc6c5c4)n3)c2)cc1. The molecule has 0 radical (unpaired) electrons. The van der Waals surface area contributed by atoms with E-state index in [0.29, 0.717) is 17.5 Å². The number of aromatic nitrogens is 4. The average molecular weight is 641 g/mol. The molecule has 0 atom stereocenters. The number of furan rings is 1. The summed E-state index contributed by atoms with van der Waals surface area (Å²) in [4.78, 5) is 15.1. The van der Waals surface area contributed by atoms with E-state index in [1.54, 1.807) is 0 Å². The van der Waals surface area contributed by atoms with E-state index in [4.69, 9.17) is 19.4 Å². The van der Waals surface area contributed by atoms with Gasteiger partial charge in [-0.25, -0.2) is 15.0 Å². The zero-order valence-electron chi connectivity index (χ0n) is 26.9. The molecule has 3 aromatic heterocycles. The normalized spacial score (nSPS) is 11.6. The zero-order chi connectivity index (χ0) is 33.0. The van der Waals surface area contributed by atoms with Crippen LogP contribution in [0.4, 0.5) is 0 Å². The molecular formula is C45H28N4O. The lowest BCUT2D eigenvalue weighted by atomic mass is 10.0. The van der Waals surface area contributed by atoms with Gasteiger partial charge in [0.15, 0.2) is 17.5 Å². The smallest absolute Gasteiger partial charge is 0.164 e. The van der Waals surface area contributed by atoms with Gasteiger partial charge in [-0.3, -0.25) is 0 Å². The van der Waals surface area contributed by atoms with Gasteiger partial charge in [0.25, 0.3) is 0 Å². The van der Waals surface area contributed by atoms with Gasteiger partial charge in [-0.05, 0) is 65.7 Å². The van der Waals surface area contributed by atoms with Crippen molar-refractivity contribution < 1.29 is 4.42 Å². The molecule has 0 fully saturated rings. The van der Waals surface area contributed by atoms with Crippen LogP contribution in [0.5, 0.6) is 0 Å². The van der Waals surface area contributed by atoms with E-state index in [1.807, 2.05) is 48.5 Å². The van der Waals surface area contributed by atoms with Gasteiger partial charge in [0, 0.05) is 43.9 Å². The molecule has 234 valence electrons. The van der Waals surface area contributed by atoms with Crippen LogP contribution in [0.15, 0.2) is 174 Å². The van der Waals surface area contributed by atoms with E-state index in [-0.39, 0.29) is 0 Å². The van der Waals surface area contributed by atoms with Gasteiger partial charge in [-0.1, -0.05) is 115 Å². The predicted octanol–water partition coefficient (Wildman–Crippen LogP) is 11.5. The first-order chi connectivity index (χ1) is 24.8. The van der Waals surface area contributed by atoms with Crippen LogP contribution in [0.25, 0.3) is 94.7 Å². The molecule has 7 aromatic carbocycles. The quantitative estimate of drug-likeness (QED) is 0.188. The second-order valence-electron chi connectivity index (χ2n) is 12.5. The van der Waals surface area contributed by atoms with Crippen LogP contribution in [0.3, 0.4) is 0 Å². The van der Waals surface area contributed by atoms with Crippen LogP contribution in [0.2, 0.25) is 0 Å². The molecule has 0 saturated heterocycles. The average Bonchev–Trinajstić information content (AvgIpc) is 3.72. The Morgan fingerprint density at radius 3 is 1.68 bits per heavy atom. The molecular weight excluding hydrogens is 613 g/mol. The van der Waals surface area contributed by atoms with Crippen LogP contribution in [0.1, 0.15) is 0 Å². The van der Waals surface area contributed by atoms with Gasteiger partial charge >= 0.3 is 0 Å². The van der Waals surface area contributed by atoms with E-state index in [2.05, 4.69) is 126 Å². The lowest BCUT2D eigenvalue weighted by Crippen LogP contribution is -2.00. The van der Waals surface area contributed by atoms with Crippen LogP contribution in [-0.4, -0.2) is 19.5 Å². The van der Waals surface area contributed by atoms with Gasteiger partial charge in [0.1, 0.15) is 11.2 Å². The summed E-state index contributed by atoms with van der Waals surface area (Å²) in [6, 6.07) is 58.6. The Labute approximate surface area is 287 Å². The van der Waals surface area contributed by atoms with Crippen LogP contribution >= 0.6 is 0 Å². The Morgan fingerprint density at radius 1 is 0.340 bits per heavy atom.